The number of likely N-dealkylation sites (N-methyl/N-ethyl adjacent to an activating group) is 1. The number of carbonyl (C=O) groups is 1. The van der Waals surface area contributed by atoms with Crippen LogP contribution in [0.5, 0.6) is 0 Å². The molecule has 2 aliphatic rings. The maximum Gasteiger partial charge on any atom is 0.253 e. The first-order chi connectivity index (χ1) is 17.8. The van der Waals surface area contributed by atoms with Gasteiger partial charge in [-0.05, 0) is 93.6 Å². The fraction of sp³-hybridized carbons (Fsp3) is 0.552. The van der Waals surface area contributed by atoms with Crippen molar-refractivity contribution in [1.82, 2.24) is 14.1 Å². The molecule has 2 unspecified atom stereocenters. The first kappa shape index (κ1) is 28.1. The largest absolute Gasteiger partial charge is 0.338 e. The Morgan fingerprint density at radius 3 is 2.24 bits per heavy atom. The van der Waals surface area contributed by atoms with E-state index in [0.717, 1.165) is 57.4 Å². The number of carbonyl (C=O) groups excluding carboxylic acids is 1. The molecule has 2 aromatic carbocycles. The first-order valence-electron chi connectivity index (χ1n) is 13.7. The number of hydrogen-bond donors (Lipinski definition) is 0. The minimum atomic E-state index is -3.71. The molecule has 0 bridgehead atoms. The van der Waals surface area contributed by atoms with Crippen molar-refractivity contribution in [1.29, 1.82) is 0 Å². The molecule has 1 amide bonds. The van der Waals surface area contributed by atoms with Crippen LogP contribution in [0.25, 0.3) is 0 Å². The Balaban J connectivity index is 1.51. The zero-order chi connectivity index (χ0) is 26.4. The highest BCUT2D eigenvalue weighted by molar-refractivity contribution is 7.89. The lowest BCUT2D eigenvalue weighted by Gasteiger charge is -2.37. The number of amides is 1. The monoisotopic (exact) mass is 545 g/mol. The van der Waals surface area contributed by atoms with Crippen LogP contribution in [0.2, 0.25) is 5.02 Å². The molecule has 0 N–H and O–H groups in total. The fourth-order valence-corrected chi connectivity index (χ4v) is 7.50. The summed E-state index contributed by atoms with van der Waals surface area (Å²) in [4.78, 5) is 17.7. The Labute approximate surface area is 227 Å². The smallest absolute Gasteiger partial charge is 0.253 e. The number of sulfonamides is 1. The van der Waals surface area contributed by atoms with E-state index in [-0.39, 0.29) is 29.3 Å². The summed E-state index contributed by atoms with van der Waals surface area (Å²) in [5.74, 6) is 0.310. The summed E-state index contributed by atoms with van der Waals surface area (Å²) in [7, 11) is -3.71. The van der Waals surface area contributed by atoms with Crippen LogP contribution in [0.3, 0.4) is 0 Å². The number of halogens is 1. The summed E-state index contributed by atoms with van der Waals surface area (Å²) in [5, 5.41) is 0.512. The summed E-state index contributed by atoms with van der Waals surface area (Å²) in [5.41, 5.74) is 1.53. The van der Waals surface area contributed by atoms with Crippen molar-refractivity contribution in [3.63, 3.8) is 0 Å². The Kier molecular flexibility index (Phi) is 9.67. The highest BCUT2D eigenvalue weighted by Crippen LogP contribution is 2.33. The van der Waals surface area contributed by atoms with Crippen molar-refractivity contribution >= 4 is 27.5 Å². The summed E-state index contributed by atoms with van der Waals surface area (Å²) in [6.45, 7) is 8.99. The van der Waals surface area contributed by atoms with Crippen LogP contribution < -0.4 is 0 Å². The average molecular weight is 546 g/mol. The molecular weight excluding hydrogens is 506 g/mol. The molecule has 2 aromatic rings. The van der Waals surface area contributed by atoms with Gasteiger partial charge in [-0.2, -0.15) is 4.31 Å². The molecular formula is C29H40ClN3O3S. The van der Waals surface area contributed by atoms with Gasteiger partial charge in [0.05, 0.1) is 4.90 Å². The second-order valence-corrected chi connectivity index (χ2v) is 12.8. The van der Waals surface area contributed by atoms with Gasteiger partial charge in [-0.1, -0.05) is 43.5 Å². The predicted octanol–water partition coefficient (Wildman–Crippen LogP) is 5.67. The molecule has 37 heavy (non-hydrogen) atoms. The third kappa shape index (κ3) is 6.94. The number of benzene rings is 2. The minimum Gasteiger partial charge on any atom is -0.338 e. The van der Waals surface area contributed by atoms with Crippen LogP contribution >= 0.6 is 11.6 Å². The summed E-state index contributed by atoms with van der Waals surface area (Å²) in [6.07, 6.45) is 6.52. The molecule has 1 saturated heterocycles. The third-order valence-corrected chi connectivity index (χ3v) is 10.1. The third-order valence-electron chi connectivity index (χ3n) is 7.95. The number of nitrogens with zero attached hydrogens (tertiary/aromatic N) is 3. The molecule has 1 heterocycles. The van der Waals surface area contributed by atoms with Crippen LogP contribution in [0.15, 0.2) is 53.4 Å². The van der Waals surface area contributed by atoms with Crippen molar-refractivity contribution in [2.24, 2.45) is 5.92 Å². The maximum absolute atomic E-state index is 13.8. The van der Waals surface area contributed by atoms with E-state index in [9.17, 15) is 13.2 Å². The van der Waals surface area contributed by atoms with Crippen molar-refractivity contribution in [3.05, 3.63) is 64.7 Å². The minimum absolute atomic E-state index is 0.0276. The summed E-state index contributed by atoms with van der Waals surface area (Å²) in [6, 6.07) is 13.8. The zero-order valence-electron chi connectivity index (χ0n) is 22.1. The van der Waals surface area contributed by atoms with Crippen LogP contribution in [-0.4, -0.2) is 67.2 Å². The molecule has 6 nitrogen and oxygen atoms in total. The zero-order valence-corrected chi connectivity index (χ0v) is 23.7. The van der Waals surface area contributed by atoms with E-state index < -0.39 is 10.0 Å². The van der Waals surface area contributed by atoms with Gasteiger partial charge in [-0.15, -0.1) is 0 Å². The van der Waals surface area contributed by atoms with Crippen LogP contribution in [0.1, 0.15) is 68.3 Å². The van der Waals surface area contributed by atoms with Crippen LogP contribution in [-0.2, 0) is 16.6 Å². The molecule has 1 aliphatic carbocycles. The second kappa shape index (κ2) is 12.7. The number of hydrogen-bond acceptors (Lipinski definition) is 4. The van der Waals surface area contributed by atoms with Crippen molar-refractivity contribution in [3.8, 4) is 0 Å². The molecule has 1 saturated carbocycles. The SMILES string of the molecule is CCN(CCN1CCCC1)C(=O)c1ccc(CN(C2CCCCC2C)S(=O)(=O)c2ccc(Cl)cc2)cc1. The highest BCUT2D eigenvalue weighted by atomic mass is 35.5. The van der Waals surface area contributed by atoms with Gasteiger partial charge in [0.25, 0.3) is 5.91 Å². The number of likely N-dealkylation sites (tertiary alicyclic amines) is 1. The molecule has 8 heteroatoms. The van der Waals surface area contributed by atoms with Gasteiger partial charge in [0, 0.05) is 42.8 Å². The molecule has 2 atom stereocenters. The molecule has 2 fully saturated rings. The van der Waals surface area contributed by atoms with Gasteiger partial charge >= 0.3 is 0 Å². The van der Waals surface area contributed by atoms with Gasteiger partial charge in [-0.25, -0.2) is 8.42 Å². The summed E-state index contributed by atoms with van der Waals surface area (Å²) >= 11 is 6.03. The molecule has 0 radical (unpaired) electrons. The summed E-state index contributed by atoms with van der Waals surface area (Å²) < 4.78 is 29.3. The van der Waals surface area contributed by atoms with Crippen molar-refractivity contribution in [2.45, 2.75) is 69.9 Å². The normalized spacial score (nSPS) is 20.9. The number of rotatable bonds is 10. The quantitative estimate of drug-likeness (QED) is 0.386. The lowest BCUT2D eigenvalue weighted by Crippen LogP contribution is -2.44. The van der Waals surface area contributed by atoms with Gasteiger partial charge in [0.2, 0.25) is 10.0 Å². The van der Waals surface area contributed by atoms with Gasteiger partial charge < -0.3 is 9.80 Å². The van der Waals surface area contributed by atoms with E-state index in [4.69, 9.17) is 11.6 Å². The molecule has 0 spiro atoms. The first-order valence-corrected chi connectivity index (χ1v) is 15.5. The molecule has 4 rings (SSSR count). The Hall–Kier alpha value is -1.93. The van der Waals surface area contributed by atoms with Crippen molar-refractivity contribution in [2.75, 3.05) is 32.7 Å². The molecule has 0 aromatic heterocycles. The second-order valence-electron chi connectivity index (χ2n) is 10.5. The fourth-order valence-electron chi connectivity index (χ4n) is 5.63. The Morgan fingerprint density at radius 2 is 1.62 bits per heavy atom. The standard InChI is InChI=1S/C29H40ClN3O3S/c1-3-32(21-20-31-18-6-7-19-31)29(34)25-12-10-24(11-13-25)22-33(28-9-5-4-8-23(28)2)37(35,36)27-16-14-26(30)15-17-27/h10-17,23,28H,3-9,18-22H2,1-2H3. The highest BCUT2D eigenvalue weighted by Gasteiger charge is 2.36. The van der Waals surface area contributed by atoms with E-state index in [2.05, 4.69) is 11.8 Å². The lowest BCUT2D eigenvalue weighted by atomic mass is 9.86. The topological polar surface area (TPSA) is 60.9 Å². The van der Waals surface area contributed by atoms with Crippen LogP contribution in [0.4, 0.5) is 0 Å². The van der Waals surface area contributed by atoms with Crippen LogP contribution in [0, 0.1) is 5.92 Å². The van der Waals surface area contributed by atoms with E-state index in [1.165, 1.54) is 12.8 Å². The maximum atomic E-state index is 13.8. The van der Waals surface area contributed by atoms with E-state index in [1.807, 2.05) is 36.1 Å². The lowest BCUT2D eigenvalue weighted by molar-refractivity contribution is 0.0749. The van der Waals surface area contributed by atoms with E-state index in [0.29, 0.717) is 17.1 Å². The Morgan fingerprint density at radius 1 is 0.973 bits per heavy atom. The van der Waals surface area contributed by atoms with Gasteiger partial charge in [0.15, 0.2) is 0 Å². The van der Waals surface area contributed by atoms with Crippen molar-refractivity contribution < 1.29 is 13.2 Å². The molecule has 202 valence electrons. The van der Waals surface area contributed by atoms with E-state index >= 15 is 0 Å². The van der Waals surface area contributed by atoms with E-state index in [1.54, 1.807) is 28.6 Å². The average Bonchev–Trinajstić information content (AvgIpc) is 3.42. The Bertz CT molecular complexity index is 1130. The van der Waals surface area contributed by atoms with Gasteiger partial charge in [0.1, 0.15) is 0 Å². The molecule has 1 aliphatic heterocycles. The predicted molar refractivity (Wildman–Crippen MR) is 149 cm³/mol. The van der Waals surface area contributed by atoms with Gasteiger partial charge in [-0.3, -0.25) is 4.79 Å².